The second-order valence-electron chi connectivity index (χ2n) is 8.86. The van der Waals surface area contributed by atoms with Crippen LogP contribution in [-0.2, 0) is 14.3 Å². The van der Waals surface area contributed by atoms with E-state index < -0.39 is 18.1 Å². The molecular formula is C26H30N2O5. The minimum Gasteiger partial charge on any atom is -0.480 e. The summed E-state index contributed by atoms with van der Waals surface area (Å²) in [6.07, 6.45) is 2.33. The monoisotopic (exact) mass is 450 g/mol. The average Bonchev–Trinajstić information content (AvgIpc) is 3.40. The first-order valence-electron chi connectivity index (χ1n) is 11.6. The molecule has 3 N–H and O–H groups in total. The molecule has 4 rings (SSSR count). The fourth-order valence-electron chi connectivity index (χ4n) is 4.99. The number of alkyl carbamates (subject to hydrolysis) is 1. The van der Waals surface area contributed by atoms with E-state index in [4.69, 9.17) is 4.74 Å². The van der Waals surface area contributed by atoms with Gasteiger partial charge in [-0.05, 0) is 47.9 Å². The Morgan fingerprint density at radius 3 is 2.27 bits per heavy atom. The molecule has 2 aliphatic carbocycles. The molecule has 1 saturated carbocycles. The number of nitrogens with one attached hydrogen (secondary N) is 2. The molecule has 0 spiro atoms. The molecule has 0 bridgehead atoms. The van der Waals surface area contributed by atoms with Gasteiger partial charge in [0.05, 0.1) is 0 Å². The second-order valence-corrected chi connectivity index (χ2v) is 8.86. The van der Waals surface area contributed by atoms with E-state index in [9.17, 15) is 19.5 Å². The normalized spacial score (nSPS) is 19.9. The highest BCUT2D eigenvalue weighted by atomic mass is 16.5. The molecule has 7 heteroatoms. The van der Waals surface area contributed by atoms with Crippen LogP contribution in [-0.4, -0.2) is 41.8 Å². The molecule has 1 fully saturated rings. The van der Waals surface area contributed by atoms with Crippen LogP contribution in [0.1, 0.15) is 56.1 Å². The number of carboxylic acids is 1. The zero-order valence-electron chi connectivity index (χ0n) is 18.8. The minimum absolute atomic E-state index is 0.00299. The van der Waals surface area contributed by atoms with Crippen LogP contribution in [0.2, 0.25) is 0 Å². The smallest absolute Gasteiger partial charge is 0.407 e. The van der Waals surface area contributed by atoms with Crippen LogP contribution < -0.4 is 10.6 Å². The molecule has 0 saturated heterocycles. The van der Waals surface area contributed by atoms with Crippen LogP contribution in [0.15, 0.2) is 48.5 Å². The highest BCUT2D eigenvalue weighted by Gasteiger charge is 2.34. The third-order valence-corrected chi connectivity index (χ3v) is 6.66. The highest BCUT2D eigenvalue weighted by Crippen LogP contribution is 2.44. The van der Waals surface area contributed by atoms with Crippen LogP contribution in [0.4, 0.5) is 4.79 Å². The summed E-state index contributed by atoms with van der Waals surface area (Å²) in [5.41, 5.74) is 4.66. The Morgan fingerprint density at radius 1 is 1.03 bits per heavy atom. The molecule has 0 aliphatic heterocycles. The third-order valence-electron chi connectivity index (χ3n) is 6.66. The van der Waals surface area contributed by atoms with Gasteiger partial charge in [-0.3, -0.25) is 4.79 Å². The SMILES string of the molecule is CCC[C@H](NC(=O)C1CCC(NC(=O)OCC2c3ccccc3-c3ccccc32)C1)C(=O)O. The van der Waals surface area contributed by atoms with Crippen LogP contribution in [0.5, 0.6) is 0 Å². The number of carbonyl (C=O) groups is 3. The lowest BCUT2D eigenvalue weighted by molar-refractivity contribution is -0.142. The molecule has 3 atom stereocenters. The largest absolute Gasteiger partial charge is 0.480 e. The maximum absolute atomic E-state index is 12.5. The fraction of sp³-hybridized carbons (Fsp3) is 0.423. The molecule has 2 aromatic rings. The van der Waals surface area contributed by atoms with Crippen molar-refractivity contribution in [1.29, 1.82) is 0 Å². The maximum Gasteiger partial charge on any atom is 0.407 e. The van der Waals surface area contributed by atoms with Gasteiger partial charge in [-0.1, -0.05) is 61.9 Å². The number of carbonyl (C=O) groups excluding carboxylic acids is 2. The number of benzene rings is 2. The Labute approximate surface area is 193 Å². The Bertz CT molecular complexity index is 991. The van der Waals surface area contributed by atoms with Crippen LogP contribution >= 0.6 is 0 Å². The molecule has 0 heterocycles. The van der Waals surface area contributed by atoms with E-state index in [1.165, 1.54) is 11.1 Å². The van der Waals surface area contributed by atoms with E-state index in [1.54, 1.807) is 0 Å². The van der Waals surface area contributed by atoms with Crippen molar-refractivity contribution in [2.24, 2.45) is 5.92 Å². The Hall–Kier alpha value is -3.35. The van der Waals surface area contributed by atoms with E-state index in [1.807, 2.05) is 31.2 Å². The quantitative estimate of drug-likeness (QED) is 0.563. The summed E-state index contributed by atoms with van der Waals surface area (Å²) < 4.78 is 5.60. The number of amides is 2. The van der Waals surface area contributed by atoms with Crippen molar-refractivity contribution in [2.75, 3.05) is 6.61 Å². The number of hydrogen-bond donors (Lipinski definition) is 3. The van der Waals surface area contributed by atoms with Gasteiger partial charge in [-0.25, -0.2) is 9.59 Å². The first-order chi connectivity index (χ1) is 16.0. The standard InChI is InChI=1S/C26H30N2O5/c1-2-7-23(25(30)31)28-24(29)16-12-13-17(14-16)27-26(32)33-15-22-20-10-5-3-8-18(20)19-9-4-6-11-21(19)22/h3-6,8-11,16-17,22-23H,2,7,12-15H2,1H3,(H,27,32)(H,28,29)(H,30,31)/t16?,17?,23-/m0/s1. The predicted molar refractivity (Wildman–Crippen MR) is 124 cm³/mol. The lowest BCUT2D eigenvalue weighted by Gasteiger charge is -2.18. The molecule has 2 unspecified atom stereocenters. The van der Waals surface area contributed by atoms with Gasteiger partial charge in [0, 0.05) is 17.9 Å². The van der Waals surface area contributed by atoms with Crippen molar-refractivity contribution in [3.63, 3.8) is 0 Å². The summed E-state index contributed by atoms with van der Waals surface area (Å²) in [5.74, 6) is -1.58. The Balaban J connectivity index is 1.29. The van der Waals surface area contributed by atoms with Gasteiger partial charge < -0.3 is 20.5 Å². The van der Waals surface area contributed by atoms with Gasteiger partial charge >= 0.3 is 12.1 Å². The van der Waals surface area contributed by atoms with Gasteiger partial charge in [0.2, 0.25) is 5.91 Å². The number of ether oxygens (including phenoxy) is 1. The topological polar surface area (TPSA) is 105 Å². The molecule has 174 valence electrons. The summed E-state index contributed by atoms with van der Waals surface area (Å²) in [4.78, 5) is 36.3. The number of hydrogen-bond acceptors (Lipinski definition) is 4. The van der Waals surface area contributed by atoms with E-state index in [0.29, 0.717) is 32.1 Å². The van der Waals surface area contributed by atoms with Crippen molar-refractivity contribution in [1.82, 2.24) is 10.6 Å². The Kier molecular flexibility index (Phi) is 6.96. The van der Waals surface area contributed by atoms with Gasteiger partial charge in [-0.15, -0.1) is 0 Å². The van der Waals surface area contributed by atoms with Gasteiger partial charge in [0.1, 0.15) is 12.6 Å². The summed E-state index contributed by atoms with van der Waals surface area (Å²) >= 11 is 0. The van der Waals surface area contributed by atoms with E-state index >= 15 is 0 Å². The molecule has 0 aromatic heterocycles. The summed E-state index contributed by atoms with van der Waals surface area (Å²) in [6, 6.07) is 15.3. The number of fused-ring (bicyclic) bond motifs is 3. The number of rotatable bonds is 8. The van der Waals surface area contributed by atoms with Crippen molar-refractivity contribution in [3.05, 3.63) is 59.7 Å². The molecule has 2 aliphatic rings. The van der Waals surface area contributed by atoms with E-state index in [-0.39, 0.29) is 30.4 Å². The molecule has 0 radical (unpaired) electrons. The molecular weight excluding hydrogens is 420 g/mol. The number of carboxylic acid groups (broad SMARTS) is 1. The van der Waals surface area contributed by atoms with Crippen molar-refractivity contribution < 1.29 is 24.2 Å². The van der Waals surface area contributed by atoms with Gasteiger partial charge in [0.15, 0.2) is 0 Å². The van der Waals surface area contributed by atoms with Crippen LogP contribution in [0.3, 0.4) is 0 Å². The van der Waals surface area contributed by atoms with Crippen LogP contribution in [0.25, 0.3) is 11.1 Å². The third kappa shape index (κ3) is 5.02. The molecule has 2 amide bonds. The van der Waals surface area contributed by atoms with Gasteiger partial charge in [-0.2, -0.15) is 0 Å². The van der Waals surface area contributed by atoms with Crippen molar-refractivity contribution in [3.8, 4) is 11.1 Å². The Morgan fingerprint density at radius 2 is 1.67 bits per heavy atom. The minimum atomic E-state index is -1.02. The van der Waals surface area contributed by atoms with E-state index in [2.05, 4.69) is 34.9 Å². The lowest BCUT2D eigenvalue weighted by atomic mass is 9.98. The maximum atomic E-state index is 12.5. The zero-order chi connectivity index (χ0) is 23.4. The molecule has 33 heavy (non-hydrogen) atoms. The fourth-order valence-corrected chi connectivity index (χ4v) is 4.99. The second kappa shape index (κ2) is 10.1. The summed E-state index contributed by atoms with van der Waals surface area (Å²) in [5, 5.41) is 14.8. The lowest BCUT2D eigenvalue weighted by Crippen LogP contribution is -2.43. The predicted octanol–water partition coefficient (Wildman–Crippen LogP) is 4.06. The van der Waals surface area contributed by atoms with E-state index in [0.717, 1.165) is 11.1 Å². The highest BCUT2D eigenvalue weighted by molar-refractivity contribution is 5.85. The first kappa shape index (κ1) is 22.8. The number of aliphatic carboxylic acids is 1. The van der Waals surface area contributed by atoms with Crippen molar-refractivity contribution in [2.45, 2.75) is 57.0 Å². The van der Waals surface area contributed by atoms with Gasteiger partial charge in [0.25, 0.3) is 0 Å². The molecule has 7 nitrogen and oxygen atoms in total. The average molecular weight is 451 g/mol. The van der Waals surface area contributed by atoms with Crippen LogP contribution in [0, 0.1) is 5.92 Å². The van der Waals surface area contributed by atoms with Crippen molar-refractivity contribution >= 4 is 18.0 Å². The molecule has 2 aromatic carbocycles. The summed E-state index contributed by atoms with van der Waals surface area (Å²) in [6.45, 7) is 2.12. The first-order valence-corrected chi connectivity index (χ1v) is 11.6. The summed E-state index contributed by atoms with van der Waals surface area (Å²) in [7, 11) is 0. The zero-order valence-corrected chi connectivity index (χ0v) is 18.8.